The number of piperidine rings is 1. The van der Waals surface area contributed by atoms with E-state index < -0.39 is 11.6 Å². The highest BCUT2D eigenvalue weighted by Gasteiger charge is 2.54. The summed E-state index contributed by atoms with van der Waals surface area (Å²) in [6.45, 7) is 5.96. The van der Waals surface area contributed by atoms with Crippen molar-refractivity contribution in [1.29, 1.82) is 0 Å². The van der Waals surface area contributed by atoms with Crippen molar-refractivity contribution in [3.05, 3.63) is 23.8 Å². The van der Waals surface area contributed by atoms with Crippen molar-refractivity contribution in [3.8, 4) is 11.5 Å². The molecule has 1 aliphatic carbocycles. The fourth-order valence-electron chi connectivity index (χ4n) is 6.34. The molecule has 5 rings (SSSR count). The molecule has 1 aromatic rings. The first kappa shape index (κ1) is 23.5. The van der Waals surface area contributed by atoms with Crippen molar-refractivity contribution in [2.24, 2.45) is 17.8 Å². The van der Waals surface area contributed by atoms with Crippen molar-refractivity contribution in [2.75, 3.05) is 19.7 Å². The van der Waals surface area contributed by atoms with E-state index in [4.69, 9.17) is 14.2 Å². The second kappa shape index (κ2) is 9.40. The van der Waals surface area contributed by atoms with Gasteiger partial charge in [0, 0.05) is 43.3 Å². The molecule has 1 amide bonds. The Morgan fingerprint density at radius 3 is 2.79 bits per heavy atom. The number of ether oxygens (including phenoxy) is 3. The SMILES string of the molecule is CCOc1cccc2c1O[C@@](C)(CCC(=O)O)[C@@H]1C[C@@H]3CN(C(=O)CC4CCC4)CC[C@H]3O[C@@H]21. The van der Waals surface area contributed by atoms with Crippen LogP contribution in [0.15, 0.2) is 18.2 Å². The number of rotatable bonds is 7. The molecule has 7 heteroatoms. The summed E-state index contributed by atoms with van der Waals surface area (Å²) < 4.78 is 19.2. The number of carboxylic acids is 1. The second-order valence-electron chi connectivity index (χ2n) is 10.7. The van der Waals surface area contributed by atoms with Gasteiger partial charge in [0.25, 0.3) is 0 Å². The molecule has 1 saturated carbocycles. The van der Waals surface area contributed by atoms with Gasteiger partial charge >= 0.3 is 5.97 Å². The quantitative estimate of drug-likeness (QED) is 0.626. The predicted molar refractivity (Wildman–Crippen MR) is 126 cm³/mol. The monoisotopic (exact) mass is 471 g/mol. The molecule has 1 N–H and O–H groups in total. The largest absolute Gasteiger partial charge is 0.490 e. The number of likely N-dealkylation sites (tertiary alicyclic amines) is 1. The summed E-state index contributed by atoms with van der Waals surface area (Å²) in [6.07, 6.45) is 6.36. The molecule has 34 heavy (non-hydrogen) atoms. The van der Waals surface area contributed by atoms with Gasteiger partial charge in [-0.05, 0) is 57.9 Å². The average molecular weight is 472 g/mol. The van der Waals surface area contributed by atoms with E-state index in [2.05, 4.69) is 0 Å². The normalized spacial score (nSPS) is 32.5. The molecule has 4 aliphatic rings. The molecular formula is C27H37NO6. The van der Waals surface area contributed by atoms with Crippen molar-refractivity contribution in [3.63, 3.8) is 0 Å². The van der Waals surface area contributed by atoms with E-state index in [-0.39, 0.29) is 36.4 Å². The zero-order chi connectivity index (χ0) is 23.9. The highest BCUT2D eigenvalue weighted by Crippen LogP contribution is 2.56. The first-order chi connectivity index (χ1) is 16.4. The summed E-state index contributed by atoms with van der Waals surface area (Å²) >= 11 is 0. The zero-order valence-corrected chi connectivity index (χ0v) is 20.3. The minimum absolute atomic E-state index is 0.0131. The van der Waals surface area contributed by atoms with E-state index in [1.165, 1.54) is 19.3 Å². The third kappa shape index (κ3) is 4.39. The second-order valence-corrected chi connectivity index (χ2v) is 10.7. The summed E-state index contributed by atoms with van der Waals surface area (Å²) in [6, 6.07) is 5.92. The fraction of sp³-hybridized carbons (Fsp3) is 0.704. The first-order valence-electron chi connectivity index (χ1n) is 13.0. The Morgan fingerprint density at radius 2 is 2.09 bits per heavy atom. The van der Waals surface area contributed by atoms with Crippen molar-refractivity contribution < 1.29 is 28.9 Å². The predicted octanol–water partition coefficient (Wildman–Crippen LogP) is 4.59. The summed E-state index contributed by atoms with van der Waals surface area (Å²) in [5, 5.41) is 9.41. The van der Waals surface area contributed by atoms with Crippen molar-refractivity contribution in [1.82, 2.24) is 4.90 Å². The van der Waals surface area contributed by atoms with Crippen LogP contribution in [0.3, 0.4) is 0 Å². The van der Waals surface area contributed by atoms with Crippen LogP contribution in [0.2, 0.25) is 0 Å². The highest BCUT2D eigenvalue weighted by molar-refractivity contribution is 5.76. The lowest BCUT2D eigenvalue weighted by Crippen LogP contribution is -2.57. The van der Waals surface area contributed by atoms with E-state index in [0.29, 0.717) is 36.9 Å². The van der Waals surface area contributed by atoms with Crippen LogP contribution >= 0.6 is 0 Å². The maximum absolute atomic E-state index is 12.9. The summed E-state index contributed by atoms with van der Waals surface area (Å²) in [4.78, 5) is 26.4. The molecule has 2 saturated heterocycles. The number of nitrogens with zero attached hydrogens (tertiary/aromatic N) is 1. The van der Waals surface area contributed by atoms with Crippen LogP contribution in [-0.2, 0) is 14.3 Å². The lowest BCUT2D eigenvalue weighted by molar-refractivity contribution is -0.195. The Balaban J connectivity index is 1.39. The maximum Gasteiger partial charge on any atom is 0.303 e. The minimum atomic E-state index is -0.828. The topological polar surface area (TPSA) is 85.3 Å². The van der Waals surface area contributed by atoms with Gasteiger partial charge in [-0.3, -0.25) is 9.59 Å². The molecule has 7 nitrogen and oxygen atoms in total. The molecule has 0 spiro atoms. The molecule has 5 atom stereocenters. The Hall–Kier alpha value is -2.28. The van der Waals surface area contributed by atoms with Gasteiger partial charge < -0.3 is 24.2 Å². The van der Waals surface area contributed by atoms with E-state index in [9.17, 15) is 14.7 Å². The molecule has 0 unspecified atom stereocenters. The summed E-state index contributed by atoms with van der Waals surface area (Å²) in [5.41, 5.74) is 0.303. The Labute approximate surface area is 201 Å². The molecule has 186 valence electrons. The minimum Gasteiger partial charge on any atom is -0.490 e. The van der Waals surface area contributed by atoms with E-state index >= 15 is 0 Å². The molecular weight excluding hydrogens is 434 g/mol. The van der Waals surface area contributed by atoms with Gasteiger partial charge in [-0.2, -0.15) is 0 Å². The van der Waals surface area contributed by atoms with Crippen LogP contribution in [0.1, 0.15) is 76.9 Å². The zero-order valence-electron chi connectivity index (χ0n) is 20.3. The standard InChI is InChI=1S/C27H37NO6/c1-3-32-22-9-5-8-19-25-20(27(2,34-26(19)22)12-10-24(30)31)15-18-16-28(13-11-21(18)33-25)23(29)14-17-6-4-7-17/h5,8-9,17-18,20-21,25H,3-4,6-7,10-16H2,1-2H3,(H,30,31)/t18-,20-,21-,25+,27+/m1/s1. The number of hydrogen-bond donors (Lipinski definition) is 1. The van der Waals surface area contributed by atoms with Crippen LogP contribution in [0.4, 0.5) is 0 Å². The molecule has 0 radical (unpaired) electrons. The van der Waals surface area contributed by atoms with Gasteiger partial charge in [0.1, 0.15) is 5.60 Å². The Kier molecular flexibility index (Phi) is 6.49. The van der Waals surface area contributed by atoms with Crippen molar-refractivity contribution >= 4 is 11.9 Å². The number of para-hydroxylation sites is 1. The number of carbonyl (C=O) groups is 2. The number of fused-ring (bicyclic) bond motifs is 4. The van der Waals surface area contributed by atoms with Crippen LogP contribution in [0.25, 0.3) is 0 Å². The summed E-state index contributed by atoms with van der Waals surface area (Å²) in [5.74, 6) is 1.64. The van der Waals surface area contributed by atoms with Crippen LogP contribution in [0.5, 0.6) is 11.5 Å². The molecule has 3 aliphatic heterocycles. The Bertz CT molecular complexity index is 930. The maximum atomic E-state index is 12.9. The summed E-state index contributed by atoms with van der Waals surface area (Å²) in [7, 11) is 0. The first-order valence-corrected chi connectivity index (χ1v) is 13.0. The lowest BCUT2D eigenvalue weighted by atomic mass is 9.68. The number of amides is 1. The van der Waals surface area contributed by atoms with Crippen molar-refractivity contribution in [2.45, 2.75) is 83.0 Å². The smallest absolute Gasteiger partial charge is 0.303 e. The van der Waals surface area contributed by atoms with Gasteiger partial charge in [-0.1, -0.05) is 18.6 Å². The van der Waals surface area contributed by atoms with Crippen LogP contribution in [-0.4, -0.2) is 53.3 Å². The Morgan fingerprint density at radius 1 is 1.26 bits per heavy atom. The van der Waals surface area contributed by atoms with E-state index in [1.807, 2.05) is 36.9 Å². The van der Waals surface area contributed by atoms with Gasteiger partial charge in [0.15, 0.2) is 11.5 Å². The van der Waals surface area contributed by atoms with Gasteiger partial charge in [-0.15, -0.1) is 0 Å². The van der Waals surface area contributed by atoms with Crippen LogP contribution < -0.4 is 9.47 Å². The van der Waals surface area contributed by atoms with Gasteiger partial charge in [0.05, 0.1) is 18.8 Å². The molecule has 0 bridgehead atoms. The molecule has 1 aromatic carbocycles. The molecule has 3 heterocycles. The number of benzene rings is 1. The van der Waals surface area contributed by atoms with Crippen LogP contribution in [0, 0.1) is 17.8 Å². The van der Waals surface area contributed by atoms with E-state index in [0.717, 1.165) is 31.5 Å². The number of hydrogen-bond acceptors (Lipinski definition) is 5. The lowest BCUT2D eigenvalue weighted by Gasteiger charge is -2.54. The highest BCUT2D eigenvalue weighted by atomic mass is 16.5. The third-order valence-corrected chi connectivity index (χ3v) is 8.52. The van der Waals surface area contributed by atoms with Gasteiger partial charge in [-0.25, -0.2) is 0 Å². The number of aliphatic carboxylic acids is 1. The fourth-order valence-corrected chi connectivity index (χ4v) is 6.34. The van der Waals surface area contributed by atoms with Gasteiger partial charge in [0.2, 0.25) is 5.91 Å². The number of carbonyl (C=O) groups excluding carboxylic acids is 1. The third-order valence-electron chi connectivity index (χ3n) is 8.52. The molecule has 0 aromatic heterocycles. The average Bonchev–Trinajstić information content (AvgIpc) is 2.79. The number of carboxylic acid groups (broad SMARTS) is 1. The molecule has 3 fully saturated rings. The van der Waals surface area contributed by atoms with E-state index in [1.54, 1.807) is 0 Å².